The van der Waals surface area contributed by atoms with E-state index in [0.29, 0.717) is 12.3 Å². The maximum atomic E-state index is 10.2. The number of hydrogen-bond acceptors (Lipinski definition) is 2. The van der Waals surface area contributed by atoms with Gasteiger partial charge in [0.05, 0.1) is 6.61 Å². The highest BCUT2D eigenvalue weighted by Crippen LogP contribution is 2.15. The van der Waals surface area contributed by atoms with E-state index in [1.807, 2.05) is 0 Å². The predicted molar refractivity (Wildman–Crippen MR) is 61.2 cm³/mol. The number of nitrogens with one attached hydrogen (secondary N) is 1. The summed E-state index contributed by atoms with van der Waals surface area (Å²) < 4.78 is 5.48. The van der Waals surface area contributed by atoms with Gasteiger partial charge in [0.15, 0.2) is 0 Å². The predicted octanol–water partition coefficient (Wildman–Crippen LogP) is 3.22. The van der Waals surface area contributed by atoms with Gasteiger partial charge in [-0.15, -0.1) is 0 Å². The minimum Gasteiger partial charge on any atom is -0.494 e. The summed E-state index contributed by atoms with van der Waals surface area (Å²) in [5.41, 5.74) is 0.487. The van der Waals surface area contributed by atoms with Crippen molar-refractivity contribution in [2.45, 2.75) is 26.2 Å². The molecule has 0 fully saturated rings. The van der Waals surface area contributed by atoms with E-state index < -0.39 is 6.09 Å². The normalized spacial score (nSPS) is 9.81. The Morgan fingerprint density at radius 2 is 1.94 bits per heavy atom. The minimum atomic E-state index is -1.31. The third kappa shape index (κ3) is 4.68. The third-order valence-electron chi connectivity index (χ3n) is 2.12. The molecule has 0 atom stereocenters. The zero-order chi connectivity index (χ0) is 11.8. The summed E-state index contributed by atoms with van der Waals surface area (Å²) in [5, 5.41) is 12.4. The SMILES string of the molecule is CCCCCOc1ccc(NC([O])=O)cc1. The van der Waals surface area contributed by atoms with E-state index >= 15 is 0 Å². The number of unbranched alkanes of at least 4 members (excludes halogenated alkanes) is 2. The summed E-state index contributed by atoms with van der Waals surface area (Å²) in [6.07, 6.45) is 2.05. The Bertz CT molecular complexity index is 322. The maximum absolute atomic E-state index is 10.2. The molecular weight excluding hydrogens is 206 g/mol. The quantitative estimate of drug-likeness (QED) is 0.751. The Morgan fingerprint density at radius 3 is 2.50 bits per heavy atom. The average Bonchev–Trinajstić information content (AvgIpc) is 2.26. The molecule has 1 rings (SSSR count). The number of benzene rings is 1. The number of carbonyl (C=O) groups is 1. The van der Waals surface area contributed by atoms with Crippen LogP contribution in [0.4, 0.5) is 10.5 Å². The van der Waals surface area contributed by atoms with Crippen LogP contribution in [0.15, 0.2) is 24.3 Å². The first-order valence-corrected chi connectivity index (χ1v) is 5.43. The van der Waals surface area contributed by atoms with E-state index in [1.165, 1.54) is 0 Å². The summed E-state index contributed by atoms with van der Waals surface area (Å²) in [6, 6.07) is 6.75. The second kappa shape index (κ2) is 6.71. The summed E-state index contributed by atoms with van der Waals surface area (Å²) in [5.74, 6) is 0.750. The number of rotatable bonds is 6. The molecule has 0 aliphatic carbocycles. The van der Waals surface area contributed by atoms with Crippen molar-refractivity contribution < 1.29 is 14.6 Å². The van der Waals surface area contributed by atoms with E-state index in [4.69, 9.17) is 4.74 Å². The largest absolute Gasteiger partial charge is 0.494 e. The third-order valence-corrected chi connectivity index (χ3v) is 2.12. The molecule has 0 bridgehead atoms. The standard InChI is InChI=1S/C12H16NO3/c1-2-3-4-9-16-11-7-5-10(6-8-11)13-12(14)15/h5-8,13H,2-4,9H2,1H3. The highest BCUT2D eigenvalue weighted by atomic mass is 16.5. The van der Waals surface area contributed by atoms with Gasteiger partial charge in [0.2, 0.25) is 0 Å². The molecule has 87 valence electrons. The first-order valence-electron chi connectivity index (χ1n) is 5.43. The van der Waals surface area contributed by atoms with Gasteiger partial charge >= 0.3 is 6.09 Å². The molecule has 0 aliphatic rings. The fraction of sp³-hybridized carbons (Fsp3) is 0.417. The second-order valence-corrected chi connectivity index (χ2v) is 3.49. The molecule has 0 unspecified atom stereocenters. The maximum Gasteiger partial charge on any atom is 0.454 e. The van der Waals surface area contributed by atoms with Gasteiger partial charge in [0.1, 0.15) is 5.75 Å². The Labute approximate surface area is 95.2 Å². The molecule has 1 radical (unpaired) electrons. The molecule has 1 aromatic rings. The van der Waals surface area contributed by atoms with Crippen LogP contribution in [0, 0.1) is 0 Å². The highest BCUT2D eigenvalue weighted by molar-refractivity contribution is 5.82. The van der Waals surface area contributed by atoms with E-state index in [1.54, 1.807) is 24.3 Å². The van der Waals surface area contributed by atoms with Crippen molar-refractivity contribution in [3.63, 3.8) is 0 Å². The molecule has 1 aromatic carbocycles. The fourth-order valence-electron chi connectivity index (χ4n) is 1.29. The molecule has 1 amide bonds. The van der Waals surface area contributed by atoms with E-state index in [9.17, 15) is 9.90 Å². The highest BCUT2D eigenvalue weighted by Gasteiger charge is 1.99. The van der Waals surface area contributed by atoms with Crippen molar-refractivity contribution in [3.05, 3.63) is 24.3 Å². The van der Waals surface area contributed by atoms with Crippen LogP contribution in [-0.4, -0.2) is 12.7 Å². The smallest absolute Gasteiger partial charge is 0.454 e. The number of carbonyl (C=O) groups excluding carboxylic acids is 1. The van der Waals surface area contributed by atoms with Gasteiger partial charge in [-0.05, 0) is 30.7 Å². The Hall–Kier alpha value is -1.71. The van der Waals surface area contributed by atoms with Crippen LogP contribution in [0.25, 0.3) is 0 Å². The molecule has 0 aliphatic heterocycles. The lowest BCUT2D eigenvalue weighted by atomic mass is 10.2. The molecule has 4 heteroatoms. The van der Waals surface area contributed by atoms with E-state index in [-0.39, 0.29) is 0 Å². The van der Waals surface area contributed by atoms with Crippen molar-refractivity contribution in [2.75, 3.05) is 11.9 Å². The van der Waals surface area contributed by atoms with Crippen molar-refractivity contribution in [1.82, 2.24) is 0 Å². The number of amides is 1. The second-order valence-electron chi connectivity index (χ2n) is 3.49. The van der Waals surface area contributed by atoms with Crippen molar-refractivity contribution in [2.24, 2.45) is 0 Å². The van der Waals surface area contributed by atoms with Gasteiger partial charge in [0, 0.05) is 5.69 Å². The lowest BCUT2D eigenvalue weighted by Gasteiger charge is -2.06. The van der Waals surface area contributed by atoms with Crippen LogP contribution in [0.5, 0.6) is 5.75 Å². The van der Waals surface area contributed by atoms with Crippen LogP contribution in [-0.2, 0) is 5.11 Å². The molecule has 0 heterocycles. The van der Waals surface area contributed by atoms with Crippen LogP contribution < -0.4 is 10.1 Å². The monoisotopic (exact) mass is 222 g/mol. The van der Waals surface area contributed by atoms with Crippen LogP contribution in [0.2, 0.25) is 0 Å². The van der Waals surface area contributed by atoms with Crippen LogP contribution >= 0.6 is 0 Å². The van der Waals surface area contributed by atoms with Gasteiger partial charge in [-0.25, -0.2) is 9.90 Å². The molecule has 4 nitrogen and oxygen atoms in total. The van der Waals surface area contributed by atoms with Crippen molar-refractivity contribution in [3.8, 4) is 5.75 Å². The van der Waals surface area contributed by atoms with Gasteiger partial charge in [0.25, 0.3) is 0 Å². The fourth-order valence-corrected chi connectivity index (χ4v) is 1.29. The molecule has 0 saturated carbocycles. The Kier molecular flexibility index (Phi) is 5.19. The molecule has 16 heavy (non-hydrogen) atoms. The van der Waals surface area contributed by atoms with Crippen molar-refractivity contribution in [1.29, 1.82) is 0 Å². The number of anilines is 1. The van der Waals surface area contributed by atoms with E-state index in [0.717, 1.165) is 25.0 Å². The minimum absolute atomic E-state index is 0.487. The first-order chi connectivity index (χ1) is 7.72. The zero-order valence-electron chi connectivity index (χ0n) is 9.36. The summed E-state index contributed by atoms with van der Waals surface area (Å²) in [7, 11) is 0. The van der Waals surface area contributed by atoms with Crippen molar-refractivity contribution >= 4 is 11.8 Å². The first kappa shape index (κ1) is 12.4. The van der Waals surface area contributed by atoms with Gasteiger partial charge < -0.3 is 4.74 Å². The van der Waals surface area contributed by atoms with Crippen LogP contribution in [0.1, 0.15) is 26.2 Å². The number of ether oxygens (including phenoxy) is 1. The zero-order valence-corrected chi connectivity index (χ0v) is 9.36. The van der Waals surface area contributed by atoms with Gasteiger partial charge in [-0.2, -0.15) is 0 Å². The van der Waals surface area contributed by atoms with E-state index in [2.05, 4.69) is 12.2 Å². The molecular formula is C12H16NO3. The Balaban J connectivity index is 2.36. The lowest BCUT2D eigenvalue weighted by molar-refractivity contribution is 0.185. The lowest BCUT2D eigenvalue weighted by Crippen LogP contribution is -2.05. The number of hydrogen-bond donors (Lipinski definition) is 1. The molecule has 1 N–H and O–H groups in total. The molecule has 0 spiro atoms. The summed E-state index contributed by atoms with van der Waals surface area (Å²) >= 11 is 0. The topological polar surface area (TPSA) is 58.2 Å². The molecule has 0 saturated heterocycles. The molecule has 0 aromatic heterocycles. The summed E-state index contributed by atoms with van der Waals surface area (Å²) in [6.45, 7) is 2.83. The van der Waals surface area contributed by atoms with Gasteiger partial charge in [-0.1, -0.05) is 19.8 Å². The Morgan fingerprint density at radius 1 is 1.25 bits per heavy atom. The van der Waals surface area contributed by atoms with Gasteiger partial charge in [-0.3, -0.25) is 5.32 Å². The average molecular weight is 222 g/mol. The summed E-state index contributed by atoms with van der Waals surface area (Å²) in [4.78, 5) is 10.2. The van der Waals surface area contributed by atoms with Crippen LogP contribution in [0.3, 0.4) is 0 Å².